The summed E-state index contributed by atoms with van der Waals surface area (Å²) in [7, 11) is 0. The normalized spacial score (nSPS) is 15.1. The van der Waals surface area contributed by atoms with Crippen LogP contribution in [0.3, 0.4) is 0 Å². The molecule has 1 atom stereocenters. The minimum atomic E-state index is 0.488. The number of aryl methyl sites for hydroxylation is 1. The average Bonchev–Trinajstić information content (AvgIpc) is 3.42. The summed E-state index contributed by atoms with van der Waals surface area (Å²) in [6.07, 6.45) is 10.6. The van der Waals surface area contributed by atoms with Gasteiger partial charge >= 0.3 is 0 Å². The maximum absolute atomic E-state index is 6.02. The predicted molar refractivity (Wildman–Crippen MR) is 120 cm³/mol. The SMILES string of the molecule is Clc1ccc(CCC(Cn2ccnc2)Sc2ccc(N3CCCC3)cc2)cc1. The Morgan fingerprint density at radius 2 is 1.75 bits per heavy atom. The van der Waals surface area contributed by atoms with Crippen LogP contribution in [0.2, 0.25) is 5.02 Å². The lowest BCUT2D eigenvalue weighted by atomic mass is 10.1. The molecule has 1 aromatic heterocycles. The summed E-state index contributed by atoms with van der Waals surface area (Å²) in [4.78, 5) is 8.02. The van der Waals surface area contributed by atoms with E-state index in [9.17, 15) is 0 Å². The number of hydrogen-bond donors (Lipinski definition) is 0. The van der Waals surface area contributed by atoms with E-state index in [0.717, 1.165) is 24.4 Å². The molecular weight excluding hydrogens is 386 g/mol. The zero-order chi connectivity index (χ0) is 19.2. The van der Waals surface area contributed by atoms with Crippen molar-refractivity contribution in [2.45, 2.75) is 42.4 Å². The Morgan fingerprint density at radius 1 is 1.00 bits per heavy atom. The molecule has 3 nitrogen and oxygen atoms in total. The summed E-state index contributed by atoms with van der Waals surface area (Å²) in [6.45, 7) is 3.35. The van der Waals surface area contributed by atoms with Crippen LogP contribution < -0.4 is 4.90 Å². The molecule has 0 spiro atoms. The maximum atomic E-state index is 6.02. The van der Waals surface area contributed by atoms with Gasteiger partial charge in [0.1, 0.15) is 0 Å². The molecule has 2 heterocycles. The van der Waals surface area contributed by atoms with E-state index in [1.165, 1.54) is 42.1 Å². The molecule has 0 radical (unpaired) electrons. The Balaban J connectivity index is 1.41. The van der Waals surface area contributed by atoms with Crippen molar-refractivity contribution in [2.75, 3.05) is 18.0 Å². The minimum absolute atomic E-state index is 0.488. The molecule has 0 amide bonds. The lowest BCUT2D eigenvalue weighted by Crippen LogP contribution is -2.17. The minimum Gasteiger partial charge on any atom is -0.372 e. The Bertz CT molecular complexity index is 841. The van der Waals surface area contributed by atoms with Gasteiger partial charge in [0.2, 0.25) is 0 Å². The second-order valence-corrected chi connectivity index (χ2v) is 9.16. The van der Waals surface area contributed by atoms with Crippen LogP contribution in [0.25, 0.3) is 0 Å². The summed E-state index contributed by atoms with van der Waals surface area (Å²) in [5.41, 5.74) is 2.69. The third kappa shape index (κ3) is 5.33. The van der Waals surface area contributed by atoms with Crippen LogP contribution in [0.4, 0.5) is 5.69 Å². The second kappa shape index (κ2) is 9.53. The molecule has 0 bridgehead atoms. The highest BCUT2D eigenvalue weighted by Crippen LogP contribution is 2.30. The monoisotopic (exact) mass is 411 g/mol. The number of hydrogen-bond acceptors (Lipinski definition) is 3. The molecule has 1 fully saturated rings. The highest BCUT2D eigenvalue weighted by atomic mass is 35.5. The van der Waals surface area contributed by atoms with Gasteiger partial charge in [-0.15, -0.1) is 11.8 Å². The number of imidazole rings is 1. The van der Waals surface area contributed by atoms with E-state index in [2.05, 4.69) is 50.8 Å². The summed E-state index contributed by atoms with van der Waals surface area (Å²) in [6, 6.07) is 17.3. The number of anilines is 1. The summed E-state index contributed by atoms with van der Waals surface area (Å²) >= 11 is 7.99. The topological polar surface area (TPSA) is 21.1 Å². The first-order valence-corrected chi connectivity index (χ1v) is 11.2. The van der Waals surface area contributed by atoms with E-state index in [1.54, 1.807) is 0 Å². The highest BCUT2D eigenvalue weighted by molar-refractivity contribution is 8.00. The van der Waals surface area contributed by atoms with Crippen molar-refractivity contribution >= 4 is 29.1 Å². The van der Waals surface area contributed by atoms with Gasteiger partial charge in [-0.25, -0.2) is 4.98 Å². The maximum Gasteiger partial charge on any atom is 0.0946 e. The molecule has 5 heteroatoms. The molecule has 1 unspecified atom stereocenters. The molecule has 4 rings (SSSR count). The van der Waals surface area contributed by atoms with Gasteiger partial charge < -0.3 is 9.47 Å². The van der Waals surface area contributed by atoms with E-state index >= 15 is 0 Å². The molecule has 28 heavy (non-hydrogen) atoms. The molecular formula is C23H26ClN3S. The van der Waals surface area contributed by atoms with Crippen molar-refractivity contribution in [3.05, 3.63) is 77.8 Å². The summed E-state index contributed by atoms with van der Waals surface area (Å²) < 4.78 is 2.18. The fourth-order valence-corrected chi connectivity index (χ4v) is 4.99. The van der Waals surface area contributed by atoms with E-state index in [0.29, 0.717) is 5.25 Å². The van der Waals surface area contributed by atoms with E-state index in [-0.39, 0.29) is 0 Å². The van der Waals surface area contributed by atoms with Gasteiger partial charge in [-0.3, -0.25) is 0 Å². The molecule has 0 N–H and O–H groups in total. The quantitative estimate of drug-likeness (QED) is 0.428. The smallest absolute Gasteiger partial charge is 0.0946 e. The third-order valence-electron chi connectivity index (χ3n) is 5.25. The molecule has 1 saturated heterocycles. The molecule has 1 aliphatic heterocycles. The first-order valence-electron chi connectivity index (χ1n) is 9.98. The number of aromatic nitrogens is 2. The van der Waals surface area contributed by atoms with Crippen LogP contribution in [0.15, 0.2) is 72.1 Å². The number of halogens is 1. The Hall–Kier alpha value is -1.91. The third-order valence-corrected chi connectivity index (χ3v) is 6.77. The van der Waals surface area contributed by atoms with Gasteiger partial charge in [-0.05, 0) is 67.6 Å². The van der Waals surface area contributed by atoms with Gasteiger partial charge in [0.15, 0.2) is 0 Å². The van der Waals surface area contributed by atoms with Gasteiger partial charge in [-0.1, -0.05) is 23.7 Å². The van der Waals surface area contributed by atoms with Crippen molar-refractivity contribution in [1.82, 2.24) is 9.55 Å². The Kier molecular flexibility index (Phi) is 6.61. The zero-order valence-electron chi connectivity index (χ0n) is 16.0. The van der Waals surface area contributed by atoms with Crippen molar-refractivity contribution < 1.29 is 0 Å². The predicted octanol–water partition coefficient (Wildman–Crippen LogP) is 5.93. The lowest BCUT2D eigenvalue weighted by molar-refractivity contribution is 0.624. The molecule has 0 saturated carbocycles. The van der Waals surface area contributed by atoms with Crippen LogP contribution >= 0.6 is 23.4 Å². The van der Waals surface area contributed by atoms with Crippen LogP contribution in [-0.4, -0.2) is 27.9 Å². The number of benzene rings is 2. The van der Waals surface area contributed by atoms with Crippen molar-refractivity contribution in [3.63, 3.8) is 0 Å². The molecule has 1 aliphatic rings. The summed E-state index contributed by atoms with van der Waals surface area (Å²) in [5.74, 6) is 0. The molecule has 146 valence electrons. The second-order valence-electron chi connectivity index (χ2n) is 7.35. The molecule has 0 aliphatic carbocycles. The largest absolute Gasteiger partial charge is 0.372 e. The van der Waals surface area contributed by atoms with Crippen molar-refractivity contribution in [1.29, 1.82) is 0 Å². The number of rotatable bonds is 8. The van der Waals surface area contributed by atoms with E-state index in [4.69, 9.17) is 11.6 Å². The Labute approximate surface area is 176 Å². The zero-order valence-corrected chi connectivity index (χ0v) is 17.6. The fourth-order valence-electron chi connectivity index (χ4n) is 3.70. The molecule has 2 aromatic carbocycles. The standard InChI is InChI=1S/C23H26ClN3S/c24-20-6-3-19(4-7-20)5-10-23(17-26-16-13-25-18-26)28-22-11-8-21(9-12-22)27-14-1-2-15-27/h3-4,6-9,11-13,16,18,23H,1-2,5,10,14-15,17H2. The number of nitrogens with zero attached hydrogens (tertiary/aromatic N) is 3. The van der Waals surface area contributed by atoms with Crippen LogP contribution in [0.1, 0.15) is 24.8 Å². The number of thioether (sulfide) groups is 1. The van der Waals surface area contributed by atoms with Gasteiger partial charge in [0.25, 0.3) is 0 Å². The lowest BCUT2D eigenvalue weighted by Gasteiger charge is -2.20. The highest BCUT2D eigenvalue weighted by Gasteiger charge is 2.14. The van der Waals surface area contributed by atoms with Crippen LogP contribution in [0.5, 0.6) is 0 Å². The van der Waals surface area contributed by atoms with Crippen LogP contribution in [-0.2, 0) is 13.0 Å². The summed E-state index contributed by atoms with van der Waals surface area (Å²) in [5, 5.41) is 1.29. The first-order chi connectivity index (χ1) is 13.8. The van der Waals surface area contributed by atoms with Gasteiger partial charge in [0, 0.05) is 52.9 Å². The Morgan fingerprint density at radius 3 is 2.43 bits per heavy atom. The van der Waals surface area contributed by atoms with Gasteiger partial charge in [-0.2, -0.15) is 0 Å². The van der Waals surface area contributed by atoms with Crippen LogP contribution in [0, 0.1) is 0 Å². The molecule has 3 aromatic rings. The fraction of sp³-hybridized carbons (Fsp3) is 0.348. The van der Waals surface area contributed by atoms with E-state index in [1.807, 2.05) is 42.6 Å². The first kappa shape index (κ1) is 19.4. The average molecular weight is 412 g/mol. The van der Waals surface area contributed by atoms with Crippen molar-refractivity contribution in [3.8, 4) is 0 Å². The van der Waals surface area contributed by atoms with Gasteiger partial charge in [0.05, 0.1) is 6.33 Å². The van der Waals surface area contributed by atoms with E-state index < -0.39 is 0 Å². The van der Waals surface area contributed by atoms with Crippen molar-refractivity contribution in [2.24, 2.45) is 0 Å².